The van der Waals surface area contributed by atoms with Crippen LogP contribution in [0.5, 0.6) is 11.5 Å². The summed E-state index contributed by atoms with van der Waals surface area (Å²) in [6.07, 6.45) is 4.27. The molecule has 4 aromatic rings. The van der Waals surface area contributed by atoms with E-state index in [1.165, 1.54) is 0 Å². The number of hydrogen-bond donors (Lipinski definition) is 2. The van der Waals surface area contributed by atoms with Gasteiger partial charge in [-0.3, -0.25) is 9.98 Å². The van der Waals surface area contributed by atoms with Gasteiger partial charge in [-0.2, -0.15) is 0 Å². The van der Waals surface area contributed by atoms with Crippen LogP contribution in [0.25, 0.3) is 22.3 Å². The van der Waals surface area contributed by atoms with Crippen molar-refractivity contribution in [3.63, 3.8) is 0 Å². The topological polar surface area (TPSA) is 80.4 Å². The van der Waals surface area contributed by atoms with Crippen molar-refractivity contribution < 1.29 is 13.9 Å². The van der Waals surface area contributed by atoms with Crippen LogP contribution in [0.4, 0.5) is 0 Å². The summed E-state index contributed by atoms with van der Waals surface area (Å²) in [6.45, 7) is 4.92. The average molecular weight is 596 g/mol. The van der Waals surface area contributed by atoms with Gasteiger partial charge in [-0.15, -0.1) is 24.8 Å². The van der Waals surface area contributed by atoms with Crippen molar-refractivity contribution in [3.05, 3.63) is 83.9 Å². The molecule has 9 heteroatoms. The van der Waals surface area contributed by atoms with Crippen LogP contribution in [0.3, 0.4) is 0 Å². The molecule has 3 aromatic carbocycles. The Balaban J connectivity index is 0.00000194. The van der Waals surface area contributed by atoms with Gasteiger partial charge < -0.3 is 24.5 Å². The molecule has 0 unspecified atom stereocenters. The smallest absolute Gasteiger partial charge is 0.135 e. The number of amidine groups is 2. The molecule has 0 saturated carbocycles. The van der Waals surface area contributed by atoms with Crippen molar-refractivity contribution in [2.45, 2.75) is 25.7 Å². The summed E-state index contributed by atoms with van der Waals surface area (Å²) >= 11 is 0. The molecule has 0 aliphatic carbocycles. The Morgan fingerprint density at radius 3 is 1.98 bits per heavy atom. The van der Waals surface area contributed by atoms with Crippen molar-refractivity contribution in [2.75, 3.05) is 39.4 Å². The molecular weight excluding hydrogens is 559 g/mol. The van der Waals surface area contributed by atoms with Gasteiger partial charge in [0.2, 0.25) is 0 Å². The maximum Gasteiger partial charge on any atom is 0.135 e. The summed E-state index contributed by atoms with van der Waals surface area (Å²) < 4.78 is 18.1. The Morgan fingerprint density at radius 2 is 1.29 bits per heavy atom. The normalized spacial score (nSPS) is 13.9. The largest absolute Gasteiger partial charge is 0.494 e. The molecule has 3 heterocycles. The molecule has 216 valence electrons. The van der Waals surface area contributed by atoms with Gasteiger partial charge >= 0.3 is 0 Å². The Labute approximate surface area is 253 Å². The summed E-state index contributed by atoms with van der Waals surface area (Å²) in [6, 6.07) is 24.6. The van der Waals surface area contributed by atoms with Gasteiger partial charge in [-0.05, 0) is 86.3 Å². The first kappa shape index (κ1) is 30.3. The van der Waals surface area contributed by atoms with Crippen molar-refractivity contribution >= 4 is 47.5 Å². The van der Waals surface area contributed by atoms with Crippen molar-refractivity contribution in [3.8, 4) is 22.8 Å². The Morgan fingerprint density at radius 1 is 0.634 bits per heavy atom. The van der Waals surface area contributed by atoms with Crippen LogP contribution in [0.1, 0.15) is 36.8 Å². The van der Waals surface area contributed by atoms with Gasteiger partial charge in [-0.1, -0.05) is 12.1 Å². The van der Waals surface area contributed by atoms with E-state index in [0.717, 1.165) is 115 Å². The van der Waals surface area contributed by atoms with Crippen molar-refractivity contribution in [1.29, 1.82) is 0 Å². The number of ether oxygens (including phenoxy) is 2. The van der Waals surface area contributed by atoms with Crippen LogP contribution >= 0.6 is 24.8 Å². The highest BCUT2D eigenvalue weighted by Crippen LogP contribution is 2.30. The predicted molar refractivity (Wildman–Crippen MR) is 171 cm³/mol. The van der Waals surface area contributed by atoms with Crippen LogP contribution < -0.4 is 20.1 Å². The number of aliphatic imine (C=N–C) groups is 2. The summed E-state index contributed by atoms with van der Waals surface area (Å²) in [7, 11) is 0. The second kappa shape index (κ2) is 14.8. The fourth-order valence-electron chi connectivity index (χ4n) is 4.90. The highest BCUT2D eigenvalue weighted by atomic mass is 35.5. The van der Waals surface area contributed by atoms with Crippen LogP contribution in [0.15, 0.2) is 87.2 Å². The Hall–Kier alpha value is -3.68. The number of furan rings is 1. The average Bonchev–Trinajstić information content (AvgIpc) is 3.77. The Bertz CT molecular complexity index is 1480. The number of benzene rings is 3. The monoisotopic (exact) mass is 594 g/mol. The van der Waals surface area contributed by atoms with E-state index in [1.54, 1.807) is 0 Å². The van der Waals surface area contributed by atoms with E-state index < -0.39 is 0 Å². The van der Waals surface area contributed by atoms with Crippen LogP contribution in [0, 0.1) is 0 Å². The number of rotatable bonds is 12. The third-order valence-corrected chi connectivity index (χ3v) is 6.96. The third kappa shape index (κ3) is 7.75. The number of nitrogens with one attached hydrogen (secondary N) is 2. The fraction of sp³-hybridized carbons (Fsp3) is 0.312. The lowest BCUT2D eigenvalue weighted by atomic mass is 10.1. The summed E-state index contributed by atoms with van der Waals surface area (Å²) in [5, 5.41) is 7.70. The minimum atomic E-state index is 0. The number of nitrogens with zero attached hydrogens (tertiary/aromatic N) is 2. The van der Waals surface area contributed by atoms with Crippen LogP contribution in [0.2, 0.25) is 0 Å². The molecule has 0 amide bonds. The molecule has 2 aliphatic rings. The van der Waals surface area contributed by atoms with E-state index in [2.05, 4.69) is 63.1 Å². The van der Waals surface area contributed by atoms with E-state index >= 15 is 0 Å². The number of halogens is 2. The second-order valence-corrected chi connectivity index (χ2v) is 9.84. The zero-order valence-electron chi connectivity index (χ0n) is 22.9. The highest BCUT2D eigenvalue weighted by Gasteiger charge is 2.12. The molecule has 2 N–H and O–H groups in total. The standard InChI is InChI=1S/C32H34N4O3.2ClH/c1(3-18-37-27-11-8-23(9-12-27)31-33-14-15-34-31)2-4-19-38-28-7-5-6-24(21-28)30-22-26-20-25(10-13-29(26)39-30)32-35-16-17-36-32;;/h5-13,20-22H,1-4,14-19H2,(H,33,34)(H,35,36);2*1H. The maximum atomic E-state index is 6.13. The SMILES string of the molecule is Cl.Cl.c1cc(OCCCCCCOc2ccc(C3=NCCN3)cc2)cc(-c2cc3cc(C4=NCCN4)ccc3o2)c1. The Kier molecular flexibility index (Phi) is 10.9. The summed E-state index contributed by atoms with van der Waals surface area (Å²) in [5.74, 6) is 4.55. The number of fused-ring (bicyclic) bond motifs is 1. The first-order chi connectivity index (χ1) is 19.3. The molecule has 2 aliphatic heterocycles. The second-order valence-electron chi connectivity index (χ2n) is 9.84. The predicted octanol–water partition coefficient (Wildman–Crippen LogP) is 6.66. The molecule has 0 spiro atoms. The lowest BCUT2D eigenvalue weighted by Crippen LogP contribution is -2.19. The zero-order valence-corrected chi connectivity index (χ0v) is 24.6. The van der Waals surface area contributed by atoms with E-state index in [9.17, 15) is 0 Å². The quantitative estimate of drug-likeness (QED) is 0.179. The van der Waals surface area contributed by atoms with Gasteiger partial charge in [0.15, 0.2) is 0 Å². The molecule has 0 atom stereocenters. The maximum absolute atomic E-state index is 6.13. The zero-order chi connectivity index (χ0) is 26.3. The number of hydrogen-bond acceptors (Lipinski definition) is 7. The van der Waals surface area contributed by atoms with Gasteiger partial charge in [-0.25, -0.2) is 0 Å². The van der Waals surface area contributed by atoms with Gasteiger partial charge in [0.05, 0.1) is 26.3 Å². The first-order valence-electron chi connectivity index (χ1n) is 13.9. The van der Waals surface area contributed by atoms with Crippen LogP contribution in [-0.4, -0.2) is 51.1 Å². The molecule has 0 bridgehead atoms. The van der Waals surface area contributed by atoms with E-state index in [-0.39, 0.29) is 24.8 Å². The van der Waals surface area contributed by atoms with Crippen molar-refractivity contribution in [1.82, 2.24) is 10.6 Å². The highest BCUT2D eigenvalue weighted by molar-refractivity contribution is 6.02. The first-order valence-corrected chi connectivity index (χ1v) is 13.9. The van der Waals surface area contributed by atoms with Gasteiger partial charge in [0.1, 0.15) is 34.5 Å². The third-order valence-electron chi connectivity index (χ3n) is 6.96. The molecule has 6 rings (SSSR count). The van der Waals surface area contributed by atoms with Crippen molar-refractivity contribution in [2.24, 2.45) is 9.98 Å². The summed E-state index contributed by atoms with van der Waals surface area (Å²) in [4.78, 5) is 8.97. The molecule has 0 fully saturated rings. The minimum Gasteiger partial charge on any atom is -0.494 e. The molecule has 1 aromatic heterocycles. The lowest BCUT2D eigenvalue weighted by molar-refractivity contribution is 0.287. The van der Waals surface area contributed by atoms with Gasteiger partial charge in [0, 0.05) is 35.2 Å². The molecule has 0 radical (unpaired) electrons. The molecule has 41 heavy (non-hydrogen) atoms. The molecular formula is C32H36Cl2N4O3. The van der Waals surface area contributed by atoms with E-state index in [4.69, 9.17) is 13.9 Å². The number of unbranched alkanes of at least 4 members (excludes halogenated alkanes) is 3. The van der Waals surface area contributed by atoms with E-state index in [1.807, 2.05) is 30.3 Å². The minimum absolute atomic E-state index is 0. The molecule has 7 nitrogen and oxygen atoms in total. The molecule has 0 saturated heterocycles. The van der Waals surface area contributed by atoms with E-state index in [0.29, 0.717) is 6.61 Å². The van der Waals surface area contributed by atoms with Gasteiger partial charge in [0.25, 0.3) is 0 Å². The lowest BCUT2D eigenvalue weighted by Gasteiger charge is -2.09. The summed E-state index contributed by atoms with van der Waals surface area (Å²) in [5.41, 5.74) is 4.10. The fourth-order valence-corrected chi connectivity index (χ4v) is 4.90. The van der Waals surface area contributed by atoms with Crippen LogP contribution in [-0.2, 0) is 0 Å².